The van der Waals surface area contributed by atoms with E-state index in [0.717, 1.165) is 32.1 Å². The normalized spacial score (nSPS) is 14.8. The van der Waals surface area contributed by atoms with Crippen LogP contribution >= 0.6 is 0 Å². The van der Waals surface area contributed by atoms with Gasteiger partial charge in [0.1, 0.15) is 29.9 Å². The number of aliphatic carboxylic acids is 2. The molecule has 0 heterocycles. The Bertz CT molecular complexity index is 1600. The standard InChI is InChI=1S/C33H52N10O7.C2HF3O2/c1-43(2)32(50)22(17-20-10-12-21(13-11-20)27(34)35)29(47)40-24(14-15-26(44)45)31(49)41-23(9-6-16-39-33(37)38)30(48)42-25(28(36)46)18-19-7-4-3-5-8-19;3-2(4,5)1(6)7/h10-13,19,22-25H,3-9,14-18H2,1-2H3,(H3,34,35)(H2,36,46)(H,40,47)(H,41,49)(H,42,48)(H,44,45)(H4,37,38,39);(H,6,7)/t22?,23-,24-,25-;/m0./s1. The van der Waals surface area contributed by atoms with Crippen LogP contribution in [0.1, 0.15) is 75.3 Å². The van der Waals surface area contributed by atoms with Gasteiger partial charge in [-0.1, -0.05) is 56.4 Å². The van der Waals surface area contributed by atoms with Crippen molar-refractivity contribution in [3.63, 3.8) is 0 Å². The van der Waals surface area contributed by atoms with Crippen LogP contribution in [0.25, 0.3) is 0 Å². The maximum Gasteiger partial charge on any atom is 0.490 e. The minimum Gasteiger partial charge on any atom is -0.481 e. The van der Waals surface area contributed by atoms with Crippen LogP contribution in [0.4, 0.5) is 13.2 Å². The number of primary amides is 1. The quantitative estimate of drug-likeness (QED) is 0.0351. The van der Waals surface area contributed by atoms with Crippen LogP contribution in [-0.4, -0.2) is 113 Å². The lowest BCUT2D eigenvalue weighted by molar-refractivity contribution is -0.192. The van der Waals surface area contributed by atoms with Crippen molar-refractivity contribution in [3.05, 3.63) is 35.4 Å². The monoisotopic (exact) mass is 814 g/mol. The molecule has 1 saturated carbocycles. The van der Waals surface area contributed by atoms with Crippen molar-refractivity contribution >= 4 is 53.3 Å². The number of amidine groups is 1. The highest BCUT2D eigenvalue weighted by atomic mass is 19.4. The molecule has 1 aromatic rings. The van der Waals surface area contributed by atoms with E-state index in [-0.39, 0.29) is 49.9 Å². The number of nitrogens with zero attached hydrogens (tertiary/aromatic N) is 2. The van der Waals surface area contributed by atoms with Crippen LogP contribution in [0, 0.1) is 17.2 Å². The van der Waals surface area contributed by atoms with Crippen molar-refractivity contribution in [2.24, 2.45) is 39.8 Å². The van der Waals surface area contributed by atoms with E-state index in [1.807, 2.05) is 0 Å². The van der Waals surface area contributed by atoms with Gasteiger partial charge in [0, 0.05) is 32.6 Å². The molecule has 0 aromatic heterocycles. The van der Waals surface area contributed by atoms with Crippen molar-refractivity contribution in [1.82, 2.24) is 20.9 Å². The zero-order valence-electron chi connectivity index (χ0n) is 31.8. The van der Waals surface area contributed by atoms with Gasteiger partial charge in [-0.05, 0) is 43.6 Å². The lowest BCUT2D eigenvalue weighted by Gasteiger charge is -2.28. The topological polar surface area (TPSA) is 340 Å². The first-order valence-corrected chi connectivity index (χ1v) is 18.0. The summed E-state index contributed by atoms with van der Waals surface area (Å²) in [7, 11) is 2.93. The lowest BCUT2D eigenvalue weighted by Crippen LogP contribution is -2.57. The number of nitrogens with two attached hydrogens (primary N) is 4. The Morgan fingerprint density at radius 3 is 1.81 bits per heavy atom. The predicted octanol–water partition coefficient (Wildman–Crippen LogP) is -0.321. The third kappa shape index (κ3) is 19.0. The smallest absolute Gasteiger partial charge is 0.481 e. The van der Waals surface area contributed by atoms with Gasteiger partial charge in [0.2, 0.25) is 29.5 Å². The number of guanidine groups is 1. The Hall–Kier alpha value is -5.96. The molecule has 2 rings (SSSR count). The molecular weight excluding hydrogens is 761 g/mol. The molecule has 19 nitrogen and oxygen atoms in total. The molecule has 1 aliphatic rings. The van der Waals surface area contributed by atoms with Crippen LogP contribution in [0.3, 0.4) is 0 Å². The first-order chi connectivity index (χ1) is 26.5. The van der Waals surface area contributed by atoms with E-state index in [1.165, 1.54) is 19.0 Å². The second-order valence-electron chi connectivity index (χ2n) is 13.6. The Kier molecular flexibility index (Phi) is 20.5. The van der Waals surface area contributed by atoms with Gasteiger partial charge in [-0.3, -0.25) is 39.2 Å². The highest BCUT2D eigenvalue weighted by molar-refractivity contribution is 6.02. The molecule has 1 aromatic carbocycles. The summed E-state index contributed by atoms with van der Waals surface area (Å²) in [6.45, 7) is 0.129. The highest BCUT2D eigenvalue weighted by Gasteiger charge is 2.38. The molecule has 14 N–H and O–H groups in total. The van der Waals surface area contributed by atoms with Crippen molar-refractivity contribution in [2.45, 2.75) is 94.9 Å². The number of hydrogen-bond donors (Lipinski definition) is 10. The molecule has 1 aliphatic carbocycles. The minimum absolute atomic E-state index is 0.0286. The largest absolute Gasteiger partial charge is 0.490 e. The van der Waals surface area contributed by atoms with E-state index < -0.39 is 78.1 Å². The Labute approximate surface area is 327 Å². The number of aliphatic imine (C=N–C) groups is 1. The number of nitrogens with one attached hydrogen (secondary N) is 4. The fourth-order valence-corrected chi connectivity index (χ4v) is 5.79. The molecule has 22 heteroatoms. The molecule has 0 saturated heterocycles. The van der Waals surface area contributed by atoms with E-state index in [4.69, 9.17) is 38.2 Å². The predicted molar refractivity (Wildman–Crippen MR) is 200 cm³/mol. The van der Waals surface area contributed by atoms with Crippen LogP contribution < -0.4 is 38.9 Å². The molecule has 0 radical (unpaired) electrons. The van der Waals surface area contributed by atoms with Crippen LogP contribution in [0.2, 0.25) is 0 Å². The molecule has 0 aliphatic heterocycles. The minimum atomic E-state index is -5.08. The average Bonchev–Trinajstić information content (AvgIpc) is 3.12. The van der Waals surface area contributed by atoms with Crippen molar-refractivity contribution < 1.29 is 56.9 Å². The summed E-state index contributed by atoms with van der Waals surface area (Å²) in [5.74, 6) is -9.08. The Balaban J connectivity index is 0.00000211. The number of carboxylic acid groups (broad SMARTS) is 2. The Morgan fingerprint density at radius 1 is 0.842 bits per heavy atom. The lowest BCUT2D eigenvalue weighted by atomic mass is 9.84. The average molecular weight is 815 g/mol. The number of hydrogen-bond acceptors (Lipinski definition) is 9. The first kappa shape index (κ1) is 49.1. The fraction of sp³-hybridized carbons (Fsp3) is 0.571. The van der Waals surface area contributed by atoms with Gasteiger partial charge in [-0.25, -0.2) is 4.79 Å². The summed E-state index contributed by atoms with van der Waals surface area (Å²) in [6, 6.07) is 2.74. The second-order valence-corrected chi connectivity index (χ2v) is 13.6. The molecule has 1 fully saturated rings. The van der Waals surface area contributed by atoms with Gasteiger partial charge in [0.05, 0.1) is 0 Å². The number of halogens is 3. The summed E-state index contributed by atoms with van der Waals surface area (Å²) in [5.41, 5.74) is 23.0. The molecule has 1 unspecified atom stereocenters. The van der Waals surface area contributed by atoms with Crippen molar-refractivity contribution in [1.29, 1.82) is 5.41 Å². The van der Waals surface area contributed by atoms with E-state index in [0.29, 0.717) is 17.5 Å². The summed E-state index contributed by atoms with van der Waals surface area (Å²) < 4.78 is 31.7. The van der Waals surface area contributed by atoms with Gasteiger partial charge in [-0.2, -0.15) is 13.2 Å². The maximum absolute atomic E-state index is 13.7. The van der Waals surface area contributed by atoms with Crippen LogP contribution in [-0.2, 0) is 40.0 Å². The molecule has 5 amide bonds. The van der Waals surface area contributed by atoms with E-state index in [2.05, 4.69) is 20.9 Å². The number of carboxylic acids is 2. The zero-order chi connectivity index (χ0) is 43.5. The maximum atomic E-state index is 13.7. The van der Waals surface area contributed by atoms with Gasteiger partial charge < -0.3 is 54.0 Å². The number of carbonyl (C=O) groups excluding carboxylic acids is 5. The molecule has 0 spiro atoms. The number of alkyl halides is 3. The second kappa shape index (κ2) is 23.8. The number of rotatable bonds is 20. The van der Waals surface area contributed by atoms with Crippen LogP contribution in [0.5, 0.6) is 0 Å². The fourth-order valence-electron chi connectivity index (χ4n) is 5.79. The summed E-state index contributed by atoms with van der Waals surface area (Å²) >= 11 is 0. The van der Waals surface area contributed by atoms with Gasteiger partial charge in [-0.15, -0.1) is 0 Å². The summed E-state index contributed by atoms with van der Waals surface area (Å²) in [4.78, 5) is 91.8. The number of amides is 5. The van der Waals surface area contributed by atoms with Gasteiger partial charge >= 0.3 is 18.1 Å². The number of nitrogen functional groups attached to an aromatic ring is 1. The molecular formula is C35H53F3N10O9. The molecule has 57 heavy (non-hydrogen) atoms. The van der Waals surface area contributed by atoms with Gasteiger partial charge in [0.25, 0.3) is 0 Å². The van der Waals surface area contributed by atoms with E-state index >= 15 is 0 Å². The molecule has 318 valence electrons. The van der Waals surface area contributed by atoms with E-state index in [9.17, 15) is 47.0 Å². The Morgan fingerprint density at radius 2 is 1.35 bits per heavy atom. The SMILES string of the molecule is CN(C)C(=O)C(Cc1ccc(C(=N)N)cc1)C(=O)N[C@@H](CCC(=O)O)C(=O)N[C@@H](CCCN=C(N)N)C(=O)N[C@@H](CC1CCCCC1)C(N)=O.O=C(O)C(F)(F)F. The third-order valence-corrected chi connectivity index (χ3v) is 8.81. The zero-order valence-corrected chi connectivity index (χ0v) is 31.8. The number of carbonyl (C=O) groups is 7. The van der Waals surface area contributed by atoms with E-state index in [1.54, 1.807) is 24.3 Å². The highest BCUT2D eigenvalue weighted by Crippen LogP contribution is 2.27. The molecule has 0 bridgehead atoms. The summed E-state index contributed by atoms with van der Waals surface area (Å²) in [5, 5.41) is 31.9. The van der Waals surface area contributed by atoms with Crippen LogP contribution in [0.15, 0.2) is 29.3 Å². The summed E-state index contributed by atoms with van der Waals surface area (Å²) in [6.07, 6.45) is -0.435. The molecule has 4 atom stereocenters. The van der Waals surface area contributed by atoms with Crippen molar-refractivity contribution in [2.75, 3.05) is 20.6 Å². The third-order valence-electron chi connectivity index (χ3n) is 8.81. The van der Waals surface area contributed by atoms with Gasteiger partial charge in [0.15, 0.2) is 5.96 Å². The first-order valence-electron chi connectivity index (χ1n) is 18.0. The van der Waals surface area contributed by atoms with Crippen molar-refractivity contribution in [3.8, 4) is 0 Å². The number of benzene rings is 1.